The molecule has 1 aliphatic heterocycles. The second-order valence-electron chi connectivity index (χ2n) is 8.07. The largest absolute Gasteiger partial charge is 0.477 e. The van der Waals surface area contributed by atoms with Crippen molar-refractivity contribution in [2.75, 3.05) is 39.5 Å². The molecule has 1 saturated heterocycles. The van der Waals surface area contributed by atoms with E-state index in [0.29, 0.717) is 53.4 Å². The zero-order valence-corrected chi connectivity index (χ0v) is 19.4. The van der Waals surface area contributed by atoms with Crippen LogP contribution in [0.15, 0.2) is 17.1 Å². The van der Waals surface area contributed by atoms with E-state index in [9.17, 15) is 9.59 Å². The first-order chi connectivity index (χ1) is 16.0. The van der Waals surface area contributed by atoms with Gasteiger partial charge in [0.15, 0.2) is 11.3 Å². The Hall–Kier alpha value is -3.11. The number of carbonyl (C=O) groups is 1. The lowest BCUT2D eigenvalue weighted by Crippen LogP contribution is -2.38. The van der Waals surface area contributed by atoms with Crippen molar-refractivity contribution < 1.29 is 14.3 Å². The molecule has 0 spiro atoms. The van der Waals surface area contributed by atoms with Gasteiger partial charge in [-0.15, -0.1) is 0 Å². The molecule has 10 heteroatoms. The van der Waals surface area contributed by atoms with Gasteiger partial charge in [-0.2, -0.15) is 5.10 Å². The number of hydrogen-bond acceptors (Lipinski definition) is 8. The molecular formula is C23H30N6O4. The average molecular weight is 455 g/mol. The summed E-state index contributed by atoms with van der Waals surface area (Å²) in [6, 6.07) is 1.67. The Morgan fingerprint density at radius 3 is 2.73 bits per heavy atom. The lowest BCUT2D eigenvalue weighted by Gasteiger charge is -2.26. The summed E-state index contributed by atoms with van der Waals surface area (Å²) >= 11 is 0. The van der Waals surface area contributed by atoms with Gasteiger partial charge < -0.3 is 14.5 Å². The third kappa shape index (κ3) is 4.96. The fourth-order valence-electron chi connectivity index (χ4n) is 3.87. The summed E-state index contributed by atoms with van der Waals surface area (Å²) in [6.45, 7) is 10.5. The number of H-pyrrole nitrogens is 1. The van der Waals surface area contributed by atoms with Gasteiger partial charge in [-0.3, -0.25) is 19.2 Å². The molecule has 0 atom stereocenters. The van der Waals surface area contributed by atoms with Crippen LogP contribution in [0.25, 0.3) is 22.4 Å². The molecule has 1 aliphatic rings. The monoisotopic (exact) mass is 454 g/mol. The van der Waals surface area contributed by atoms with Crippen molar-refractivity contribution in [1.29, 1.82) is 0 Å². The van der Waals surface area contributed by atoms with Gasteiger partial charge >= 0.3 is 0 Å². The minimum atomic E-state index is -0.279. The Balaban J connectivity index is 1.75. The number of aromatic nitrogens is 5. The summed E-state index contributed by atoms with van der Waals surface area (Å²) in [5.74, 6) is 0.526. The van der Waals surface area contributed by atoms with E-state index in [1.807, 2.05) is 13.8 Å². The Bertz CT molecular complexity index is 1200. The molecule has 0 amide bonds. The van der Waals surface area contributed by atoms with Crippen LogP contribution in [-0.2, 0) is 17.7 Å². The Morgan fingerprint density at radius 1 is 1.24 bits per heavy atom. The molecule has 1 fully saturated rings. The molecule has 3 aromatic rings. The first-order valence-electron chi connectivity index (χ1n) is 11.5. The number of hydrogen-bond donors (Lipinski definition) is 1. The standard InChI is InChI=1S/C23H30N6O4/c1-4-10-33-23-17(13-16(14-24-23)15(3)30)21-25-19-18(5-2)27-29(20(19)22(31)26-21)7-6-28-8-11-32-12-9-28/h13-14H,4-12H2,1-3H3,(H,25,26,31). The summed E-state index contributed by atoms with van der Waals surface area (Å²) in [5.41, 5.74) is 2.40. The number of ketones is 1. The average Bonchev–Trinajstić information content (AvgIpc) is 3.20. The maximum Gasteiger partial charge on any atom is 0.277 e. The Morgan fingerprint density at radius 2 is 2.03 bits per heavy atom. The van der Waals surface area contributed by atoms with Crippen molar-refractivity contribution in [3.63, 3.8) is 0 Å². The van der Waals surface area contributed by atoms with Crippen LogP contribution in [0.1, 0.15) is 43.2 Å². The number of pyridine rings is 1. The highest BCUT2D eigenvalue weighted by Gasteiger charge is 2.20. The molecule has 0 radical (unpaired) electrons. The van der Waals surface area contributed by atoms with Crippen molar-refractivity contribution in [1.82, 2.24) is 29.6 Å². The summed E-state index contributed by atoms with van der Waals surface area (Å²) in [6.07, 6.45) is 2.92. The number of fused-ring (bicyclic) bond motifs is 1. The van der Waals surface area contributed by atoms with Gasteiger partial charge in [-0.1, -0.05) is 13.8 Å². The van der Waals surface area contributed by atoms with E-state index in [1.165, 1.54) is 13.1 Å². The van der Waals surface area contributed by atoms with Crippen LogP contribution in [0.4, 0.5) is 0 Å². The van der Waals surface area contributed by atoms with Gasteiger partial charge in [0.1, 0.15) is 11.3 Å². The Labute approximate surface area is 191 Å². The van der Waals surface area contributed by atoms with Gasteiger partial charge in [-0.25, -0.2) is 9.97 Å². The highest BCUT2D eigenvalue weighted by molar-refractivity contribution is 5.95. The van der Waals surface area contributed by atoms with E-state index in [4.69, 9.17) is 14.5 Å². The van der Waals surface area contributed by atoms with Gasteiger partial charge in [0.05, 0.1) is 37.6 Å². The molecule has 0 unspecified atom stereocenters. The third-order valence-electron chi connectivity index (χ3n) is 5.69. The van der Waals surface area contributed by atoms with E-state index < -0.39 is 0 Å². The third-order valence-corrected chi connectivity index (χ3v) is 5.69. The van der Waals surface area contributed by atoms with Crippen LogP contribution in [0.5, 0.6) is 5.88 Å². The Kier molecular flexibility index (Phi) is 7.14. The number of nitrogens with zero attached hydrogens (tertiary/aromatic N) is 5. The number of rotatable bonds is 9. The fourth-order valence-corrected chi connectivity index (χ4v) is 3.87. The van der Waals surface area contributed by atoms with Crippen molar-refractivity contribution >= 4 is 16.8 Å². The predicted molar refractivity (Wildman–Crippen MR) is 124 cm³/mol. The van der Waals surface area contributed by atoms with Gasteiger partial charge in [0.25, 0.3) is 5.56 Å². The minimum absolute atomic E-state index is 0.126. The summed E-state index contributed by atoms with van der Waals surface area (Å²) in [5, 5.41) is 4.68. The van der Waals surface area contributed by atoms with Gasteiger partial charge in [0, 0.05) is 31.4 Å². The zero-order chi connectivity index (χ0) is 23.4. The molecule has 176 valence electrons. The van der Waals surface area contributed by atoms with Crippen molar-refractivity contribution in [3.05, 3.63) is 33.9 Å². The van der Waals surface area contributed by atoms with E-state index in [-0.39, 0.29) is 11.3 Å². The van der Waals surface area contributed by atoms with E-state index >= 15 is 0 Å². The highest BCUT2D eigenvalue weighted by atomic mass is 16.5. The van der Waals surface area contributed by atoms with Crippen LogP contribution in [-0.4, -0.2) is 74.9 Å². The molecular weight excluding hydrogens is 424 g/mol. The van der Waals surface area contributed by atoms with Crippen molar-refractivity contribution in [3.8, 4) is 17.3 Å². The first kappa shape index (κ1) is 23.1. The fraction of sp³-hybridized carbons (Fsp3) is 0.522. The normalized spacial score (nSPS) is 14.6. The zero-order valence-electron chi connectivity index (χ0n) is 19.4. The topological polar surface area (TPSA) is 115 Å². The summed E-state index contributed by atoms with van der Waals surface area (Å²) in [4.78, 5) is 39.4. The SMILES string of the molecule is CCCOc1ncc(C(C)=O)cc1-c1nc2c(CC)nn(CCN3CCOCC3)c2c(=O)[nH]1. The van der Waals surface area contributed by atoms with E-state index in [2.05, 4.69) is 20.0 Å². The second-order valence-corrected chi connectivity index (χ2v) is 8.07. The van der Waals surface area contributed by atoms with Crippen molar-refractivity contribution in [2.45, 2.75) is 40.2 Å². The summed E-state index contributed by atoms with van der Waals surface area (Å²) < 4.78 is 12.9. The number of aryl methyl sites for hydroxylation is 1. The maximum atomic E-state index is 13.2. The number of aromatic amines is 1. The first-order valence-corrected chi connectivity index (χ1v) is 11.5. The number of Topliss-reactive ketones (excluding diaryl/α,β-unsaturated/α-hetero) is 1. The van der Waals surface area contributed by atoms with Crippen LogP contribution in [0.3, 0.4) is 0 Å². The molecule has 0 bridgehead atoms. The van der Waals surface area contributed by atoms with Crippen LogP contribution in [0, 0.1) is 0 Å². The quantitative estimate of drug-likeness (QED) is 0.489. The number of ether oxygens (including phenoxy) is 2. The molecule has 10 nitrogen and oxygen atoms in total. The molecule has 4 heterocycles. The van der Waals surface area contributed by atoms with E-state index in [1.54, 1.807) is 10.7 Å². The minimum Gasteiger partial charge on any atom is -0.477 e. The van der Waals surface area contributed by atoms with Gasteiger partial charge in [0.2, 0.25) is 5.88 Å². The van der Waals surface area contributed by atoms with Crippen LogP contribution < -0.4 is 10.3 Å². The smallest absolute Gasteiger partial charge is 0.277 e. The van der Waals surface area contributed by atoms with Gasteiger partial charge in [-0.05, 0) is 25.8 Å². The van der Waals surface area contributed by atoms with Crippen LogP contribution >= 0.6 is 0 Å². The molecule has 0 aromatic carbocycles. The number of carbonyl (C=O) groups excluding carboxylic acids is 1. The maximum absolute atomic E-state index is 13.2. The predicted octanol–water partition coefficient (Wildman–Crippen LogP) is 2.07. The molecule has 0 aliphatic carbocycles. The molecule has 0 saturated carbocycles. The highest BCUT2D eigenvalue weighted by Crippen LogP contribution is 2.28. The molecule has 33 heavy (non-hydrogen) atoms. The molecule has 4 rings (SSSR count). The number of nitrogens with one attached hydrogen (secondary N) is 1. The molecule has 3 aromatic heterocycles. The van der Waals surface area contributed by atoms with Crippen LogP contribution in [0.2, 0.25) is 0 Å². The summed E-state index contributed by atoms with van der Waals surface area (Å²) in [7, 11) is 0. The lowest BCUT2D eigenvalue weighted by atomic mass is 10.1. The molecule has 1 N–H and O–H groups in total. The number of morpholine rings is 1. The lowest BCUT2D eigenvalue weighted by molar-refractivity contribution is 0.0361. The second kappa shape index (κ2) is 10.2. The van der Waals surface area contributed by atoms with Crippen molar-refractivity contribution in [2.24, 2.45) is 0 Å². The van der Waals surface area contributed by atoms with E-state index in [0.717, 1.165) is 45.0 Å².